The first-order valence-electron chi connectivity index (χ1n) is 31.2. The minimum Gasteiger partial charge on any atom is -0.494 e. The van der Waals surface area contributed by atoms with Gasteiger partial charge in [-0.1, -0.05) is 6.07 Å². The molecule has 34 nitrogen and oxygen atoms in total. The van der Waals surface area contributed by atoms with Crippen molar-refractivity contribution in [1.82, 2.24) is 66.0 Å². The average Bonchev–Trinajstić information content (AvgIpc) is 1.79. The summed E-state index contributed by atoms with van der Waals surface area (Å²) in [5, 5.41) is 79.0. The molecule has 5 rings (SSSR count). The highest BCUT2D eigenvalue weighted by Gasteiger charge is 2.31. The van der Waals surface area contributed by atoms with E-state index in [2.05, 4.69) is 46.7 Å². The van der Waals surface area contributed by atoms with Crippen LogP contribution in [0.4, 0.5) is 0 Å². The molecular formula is C60H88N14O20S. The van der Waals surface area contributed by atoms with Crippen LogP contribution in [0.25, 0.3) is 10.9 Å². The van der Waals surface area contributed by atoms with Crippen LogP contribution in [0.3, 0.4) is 0 Å². The van der Waals surface area contributed by atoms with Crippen LogP contribution in [-0.4, -0.2) is 276 Å². The van der Waals surface area contributed by atoms with Gasteiger partial charge in [0, 0.05) is 129 Å². The summed E-state index contributed by atoms with van der Waals surface area (Å²) in [4.78, 5) is 148. The van der Waals surface area contributed by atoms with Crippen LogP contribution in [-0.2, 0) is 71.4 Å². The molecule has 3 heterocycles. The lowest BCUT2D eigenvalue weighted by Crippen LogP contribution is -2.55. The second-order valence-electron chi connectivity index (χ2n) is 23.2. The number of carboxylic acid groups (broad SMARTS) is 6. The van der Waals surface area contributed by atoms with E-state index in [9.17, 15) is 91.8 Å². The number of carboxylic acids is 6. The highest BCUT2D eigenvalue weighted by atomic mass is 32.2. The normalized spacial score (nSPS) is 15.7. The summed E-state index contributed by atoms with van der Waals surface area (Å²) in [5.74, 6) is -10.2. The molecule has 95 heavy (non-hydrogen) atoms. The number of nitrogens with one attached hydrogen (secondary N) is 7. The molecule has 1 fully saturated rings. The third-order valence-electron chi connectivity index (χ3n) is 15.5. The highest BCUT2D eigenvalue weighted by Crippen LogP contribution is 2.27. The summed E-state index contributed by atoms with van der Waals surface area (Å²) in [6.45, 7) is 2.67. The van der Waals surface area contributed by atoms with Gasteiger partial charge >= 0.3 is 35.8 Å². The molecule has 0 saturated carbocycles. The number of nitrogens with zero attached hydrogens (tertiary/aromatic N) is 7. The van der Waals surface area contributed by atoms with Gasteiger partial charge in [-0.25, -0.2) is 8.42 Å². The lowest BCUT2D eigenvalue weighted by atomic mass is 10.1. The van der Waals surface area contributed by atoms with Gasteiger partial charge in [-0.2, -0.15) is 9.82 Å². The molecule has 2 aromatic carbocycles. The van der Waals surface area contributed by atoms with Gasteiger partial charge in [0.2, 0.25) is 33.7 Å². The van der Waals surface area contributed by atoms with Crippen LogP contribution >= 0.6 is 0 Å². The number of amides is 5. The number of hydrogen-bond donors (Lipinski definition) is 13. The number of fused-ring (bicyclic) bond motifs is 1. The maximum Gasteiger partial charge on any atom is 0.323 e. The third-order valence-corrected chi connectivity index (χ3v) is 17.3. The van der Waals surface area contributed by atoms with Crippen LogP contribution in [0.2, 0.25) is 0 Å². The van der Waals surface area contributed by atoms with Gasteiger partial charge in [0.05, 0.1) is 54.7 Å². The Labute approximate surface area is 548 Å². The molecule has 0 spiro atoms. The minimum absolute atomic E-state index is 0.00690. The first-order chi connectivity index (χ1) is 45.1. The van der Waals surface area contributed by atoms with Gasteiger partial charge in [0.1, 0.15) is 23.9 Å². The fraction of sp³-hybridized carbons (Fsp3) is 0.583. The van der Waals surface area contributed by atoms with E-state index in [1.165, 1.54) is 35.8 Å². The minimum atomic E-state index is -4.49. The molecule has 35 heteroatoms. The summed E-state index contributed by atoms with van der Waals surface area (Å²) >= 11 is 0. The van der Waals surface area contributed by atoms with Gasteiger partial charge in [-0.05, 0) is 94.2 Å². The Hall–Kier alpha value is -8.90. The average molecular weight is 1360 g/mol. The number of amidine groups is 1. The largest absolute Gasteiger partial charge is 0.494 e. The molecule has 13 N–H and O–H groups in total. The van der Waals surface area contributed by atoms with E-state index >= 15 is 0 Å². The topological polar surface area (TPSA) is 480 Å². The zero-order chi connectivity index (χ0) is 69.8. The van der Waals surface area contributed by atoms with Gasteiger partial charge < -0.3 is 67.3 Å². The van der Waals surface area contributed by atoms with E-state index in [0.717, 1.165) is 55.7 Å². The first-order valence-corrected chi connectivity index (χ1v) is 32.7. The first kappa shape index (κ1) is 76.8. The van der Waals surface area contributed by atoms with Crippen molar-refractivity contribution in [2.45, 2.75) is 107 Å². The van der Waals surface area contributed by atoms with E-state index < -0.39 is 145 Å². The summed E-state index contributed by atoms with van der Waals surface area (Å²) in [6.07, 6.45) is 2.63. The van der Waals surface area contributed by atoms with Gasteiger partial charge in [-0.15, -0.1) is 0 Å². The summed E-state index contributed by atoms with van der Waals surface area (Å²) < 4.78 is 37.1. The molecule has 2 aliphatic heterocycles. The molecule has 1 saturated heterocycles. The molecule has 3 atom stereocenters. The number of rotatable bonds is 37. The van der Waals surface area contributed by atoms with Crippen molar-refractivity contribution in [3.8, 4) is 5.75 Å². The number of carbonyl (C=O) groups excluding carboxylic acids is 5. The van der Waals surface area contributed by atoms with Crippen molar-refractivity contribution in [2.24, 2.45) is 12.0 Å². The van der Waals surface area contributed by atoms with Crippen LogP contribution in [0.1, 0.15) is 91.4 Å². The Bertz CT molecular complexity index is 3310. The van der Waals surface area contributed by atoms with Crippen LogP contribution < -0.4 is 41.4 Å². The number of carbonyl (C=O) groups is 11. The van der Waals surface area contributed by atoms with E-state index in [-0.39, 0.29) is 119 Å². The van der Waals surface area contributed by atoms with Crippen molar-refractivity contribution in [3.05, 3.63) is 52.7 Å². The molecule has 3 aromatic rings. The van der Waals surface area contributed by atoms with E-state index in [4.69, 9.17) is 4.74 Å². The fourth-order valence-electron chi connectivity index (χ4n) is 10.7. The standard InChI is InChI=1S/C60H88N14O20S/c1-38-30-41(31-39(2)56(38)95(92,93)69-46(60(90)91)33-65-57(87)40-11-12-42-43(68-70(3)47(42)32-40)8-6-18-62-48-9-4-5-17-61-48)94-29-7-10-49(75)63-19-20-64-58(88)44(13-15-51(77)78)67-59(89)45(14-16-52(79)80)66-50(76)34-71-21-23-72(35-53(81)82)25-27-74(37-55(85)86)28-26-73(24-22-71)36-54(83)84/h11-12,30-32,44-46,69H,4-10,13-29,33-37H2,1-3H3,(H,61,62)(H,63,75)(H,64,88)(H,65,87)(H,66,76)(H,67,89)(H,77,78)(H,79,80)(H,81,82)(H,83,84)(H,85,86)(H,90,91)/t44?,45-,46-/m0/s1. The van der Waals surface area contributed by atoms with Crippen LogP contribution in [0.15, 0.2) is 40.2 Å². The second-order valence-corrected chi connectivity index (χ2v) is 24.8. The molecule has 0 radical (unpaired) electrons. The summed E-state index contributed by atoms with van der Waals surface area (Å²) in [7, 11) is -2.74. The van der Waals surface area contributed by atoms with Crippen molar-refractivity contribution in [1.29, 1.82) is 0 Å². The molecule has 5 amide bonds. The lowest BCUT2D eigenvalue weighted by Gasteiger charge is -2.33. The zero-order valence-electron chi connectivity index (χ0n) is 53.6. The maximum absolute atomic E-state index is 13.8. The Morgan fingerprint density at radius 3 is 1.67 bits per heavy atom. The van der Waals surface area contributed by atoms with Crippen molar-refractivity contribution < 1.29 is 96.5 Å². The smallest absolute Gasteiger partial charge is 0.323 e. The van der Waals surface area contributed by atoms with E-state index in [1.54, 1.807) is 39.7 Å². The van der Waals surface area contributed by atoms with E-state index in [0.29, 0.717) is 11.9 Å². The molecule has 524 valence electrons. The SMILES string of the molecule is Cc1cc(OCCCC(=O)NCCNC(=O)C(CCC(=O)O)NC(=O)[C@H](CCC(=O)O)NC(=O)CN2CCN(CC(=O)O)CCN(CC(=O)O)CCN(CC(=O)O)CC2)cc(C)c1S(=O)(=O)N[C@@H](CNC(=O)c1ccc2c(CCCNC3=NCCCC3)nn(C)c2c1)C(=O)O. The van der Waals surface area contributed by atoms with E-state index in [1.807, 2.05) is 0 Å². The predicted molar refractivity (Wildman–Crippen MR) is 340 cm³/mol. The monoisotopic (exact) mass is 1360 g/mol. The van der Waals surface area contributed by atoms with Crippen LogP contribution in [0.5, 0.6) is 5.75 Å². The molecule has 2 aliphatic rings. The predicted octanol–water partition coefficient (Wildman–Crippen LogP) is -1.98. The van der Waals surface area contributed by atoms with Crippen LogP contribution in [0, 0.1) is 13.8 Å². The summed E-state index contributed by atoms with van der Waals surface area (Å²) in [6, 6.07) is 3.02. The zero-order valence-corrected chi connectivity index (χ0v) is 54.4. The quantitative estimate of drug-likeness (QED) is 0.0278. The number of hydrogen-bond acceptors (Lipinski definition) is 21. The highest BCUT2D eigenvalue weighted by molar-refractivity contribution is 7.89. The van der Waals surface area contributed by atoms with Gasteiger partial charge in [0.25, 0.3) is 5.91 Å². The molecular weight excluding hydrogens is 1270 g/mol. The summed E-state index contributed by atoms with van der Waals surface area (Å²) in [5.41, 5.74) is 2.18. The van der Waals surface area contributed by atoms with Crippen molar-refractivity contribution in [3.63, 3.8) is 0 Å². The Kier molecular flexibility index (Phi) is 31.1. The van der Waals surface area contributed by atoms with Crippen molar-refractivity contribution >= 4 is 92.1 Å². The number of aliphatic carboxylic acids is 6. The number of ether oxygens (including phenoxy) is 1. The Morgan fingerprint density at radius 2 is 1.15 bits per heavy atom. The molecule has 0 aliphatic carbocycles. The Morgan fingerprint density at radius 1 is 0.600 bits per heavy atom. The number of aromatic nitrogens is 2. The van der Waals surface area contributed by atoms with Crippen molar-refractivity contribution in [2.75, 3.05) is 118 Å². The fourth-order valence-corrected chi connectivity index (χ4v) is 12.4. The third kappa shape index (κ3) is 27.2. The number of aliphatic imine (C=N–C) groups is 1. The number of sulfonamides is 1. The van der Waals surface area contributed by atoms with Gasteiger partial charge in [-0.3, -0.25) is 82.0 Å². The van der Waals surface area contributed by atoms with Gasteiger partial charge in [0.15, 0.2) is 0 Å². The molecule has 1 aromatic heterocycles. The Balaban J connectivity index is 1.08. The molecule has 0 bridgehead atoms. The maximum atomic E-state index is 13.8. The lowest BCUT2D eigenvalue weighted by molar-refractivity contribution is -0.140. The molecule has 1 unspecified atom stereocenters. The number of aryl methyl sites for hydroxylation is 4. The second kappa shape index (κ2) is 38.5. The number of benzene rings is 2.